The van der Waals surface area contributed by atoms with Crippen LogP contribution in [0.3, 0.4) is 0 Å². The van der Waals surface area contributed by atoms with E-state index in [2.05, 4.69) is 35.3 Å². The van der Waals surface area contributed by atoms with Gasteiger partial charge in [-0.2, -0.15) is 0 Å². The number of nitrogens with zero attached hydrogens (tertiary/aromatic N) is 1. The molecule has 0 bridgehead atoms. The first-order chi connectivity index (χ1) is 9.36. The normalized spacial score (nSPS) is 26.4. The van der Waals surface area contributed by atoms with Crippen molar-refractivity contribution in [2.75, 3.05) is 26.2 Å². The second kappa shape index (κ2) is 5.93. The molecule has 1 saturated heterocycles. The average Bonchev–Trinajstić information content (AvgIpc) is 3.04. The van der Waals surface area contributed by atoms with E-state index in [1.807, 2.05) is 6.07 Å². The Balaban J connectivity index is 1.42. The summed E-state index contributed by atoms with van der Waals surface area (Å²) in [6.07, 6.45) is 4.05. The predicted octanol–water partition coefficient (Wildman–Crippen LogP) is 2.06. The molecule has 0 aromatic heterocycles. The van der Waals surface area contributed by atoms with Crippen LogP contribution in [-0.2, 0) is 6.42 Å². The molecule has 1 fully saturated rings. The molecule has 3 nitrogen and oxygen atoms in total. The number of benzene rings is 1. The second-order valence-electron chi connectivity index (χ2n) is 5.63. The van der Waals surface area contributed by atoms with E-state index in [0.29, 0.717) is 6.10 Å². The Kier molecular flexibility index (Phi) is 4.04. The monoisotopic (exact) mass is 260 g/mol. The Hall–Kier alpha value is -1.06. The van der Waals surface area contributed by atoms with E-state index in [-0.39, 0.29) is 0 Å². The van der Waals surface area contributed by atoms with E-state index in [4.69, 9.17) is 4.74 Å². The zero-order valence-corrected chi connectivity index (χ0v) is 11.8. The van der Waals surface area contributed by atoms with Crippen molar-refractivity contribution in [1.29, 1.82) is 0 Å². The van der Waals surface area contributed by atoms with Gasteiger partial charge in [0.05, 0.1) is 0 Å². The van der Waals surface area contributed by atoms with Gasteiger partial charge in [-0.15, -0.1) is 0 Å². The summed E-state index contributed by atoms with van der Waals surface area (Å²) in [5.74, 6) is 1.07. The van der Waals surface area contributed by atoms with Crippen molar-refractivity contribution in [1.82, 2.24) is 10.2 Å². The predicted molar refractivity (Wildman–Crippen MR) is 77.7 cm³/mol. The zero-order valence-electron chi connectivity index (χ0n) is 11.8. The van der Waals surface area contributed by atoms with E-state index in [1.54, 1.807) is 0 Å². The Morgan fingerprint density at radius 2 is 2.21 bits per heavy atom. The van der Waals surface area contributed by atoms with E-state index >= 15 is 0 Å². The second-order valence-corrected chi connectivity index (χ2v) is 5.63. The third-order valence-electron chi connectivity index (χ3n) is 4.37. The minimum atomic E-state index is 0.314. The highest BCUT2D eigenvalue weighted by Gasteiger charge is 2.25. The standard InChI is InChI=1S/C16H24N2O/c1-2-18-9-5-7-14(18)11-17-12-15-10-13-6-3-4-8-16(13)19-15/h3-4,6,8,14-15,17H,2,5,7,9-12H2,1H3. The lowest BCUT2D eigenvalue weighted by atomic mass is 10.1. The van der Waals surface area contributed by atoms with Crippen molar-refractivity contribution in [3.63, 3.8) is 0 Å². The molecule has 104 valence electrons. The number of likely N-dealkylation sites (tertiary alicyclic amines) is 1. The van der Waals surface area contributed by atoms with Gasteiger partial charge in [-0.3, -0.25) is 4.90 Å². The summed E-state index contributed by atoms with van der Waals surface area (Å²) in [5.41, 5.74) is 1.35. The highest BCUT2D eigenvalue weighted by molar-refractivity contribution is 5.37. The summed E-state index contributed by atoms with van der Waals surface area (Å²) < 4.78 is 5.95. The highest BCUT2D eigenvalue weighted by atomic mass is 16.5. The fourth-order valence-corrected chi connectivity index (χ4v) is 3.32. The van der Waals surface area contributed by atoms with Crippen molar-refractivity contribution in [2.45, 2.75) is 38.3 Å². The summed E-state index contributed by atoms with van der Waals surface area (Å²) in [4.78, 5) is 2.58. The number of nitrogens with one attached hydrogen (secondary N) is 1. The quantitative estimate of drug-likeness (QED) is 0.877. The lowest BCUT2D eigenvalue weighted by molar-refractivity contribution is 0.213. The van der Waals surface area contributed by atoms with E-state index in [9.17, 15) is 0 Å². The van der Waals surface area contributed by atoms with Crippen molar-refractivity contribution in [3.05, 3.63) is 29.8 Å². The molecule has 0 saturated carbocycles. The smallest absolute Gasteiger partial charge is 0.123 e. The number of likely N-dealkylation sites (N-methyl/N-ethyl adjacent to an activating group) is 1. The van der Waals surface area contributed by atoms with Crippen molar-refractivity contribution >= 4 is 0 Å². The van der Waals surface area contributed by atoms with Crippen LogP contribution < -0.4 is 10.1 Å². The molecule has 1 N–H and O–H groups in total. The van der Waals surface area contributed by atoms with Crippen LogP contribution in [0.4, 0.5) is 0 Å². The average molecular weight is 260 g/mol. The molecule has 2 aliphatic heterocycles. The van der Waals surface area contributed by atoms with Crippen LogP contribution in [0.15, 0.2) is 24.3 Å². The molecular weight excluding hydrogens is 236 g/mol. The van der Waals surface area contributed by atoms with Gasteiger partial charge in [0.2, 0.25) is 0 Å². The maximum atomic E-state index is 5.95. The third kappa shape index (κ3) is 2.93. The number of fused-ring (bicyclic) bond motifs is 1. The van der Waals surface area contributed by atoms with Crippen LogP contribution in [0.5, 0.6) is 5.75 Å². The molecule has 0 radical (unpaired) electrons. The Morgan fingerprint density at radius 3 is 3.05 bits per heavy atom. The molecule has 2 aliphatic rings. The fourth-order valence-electron chi connectivity index (χ4n) is 3.32. The van der Waals surface area contributed by atoms with Crippen LogP contribution in [0.2, 0.25) is 0 Å². The largest absolute Gasteiger partial charge is 0.488 e. The maximum Gasteiger partial charge on any atom is 0.123 e. The summed E-state index contributed by atoms with van der Waals surface area (Å²) >= 11 is 0. The van der Waals surface area contributed by atoms with Gasteiger partial charge < -0.3 is 10.1 Å². The first kappa shape index (κ1) is 12.9. The third-order valence-corrected chi connectivity index (χ3v) is 4.37. The number of rotatable bonds is 5. The van der Waals surface area contributed by atoms with Gasteiger partial charge in [0.1, 0.15) is 11.9 Å². The first-order valence-corrected chi connectivity index (χ1v) is 7.56. The number of hydrogen-bond donors (Lipinski definition) is 1. The van der Waals surface area contributed by atoms with Gasteiger partial charge >= 0.3 is 0 Å². The lowest BCUT2D eigenvalue weighted by Gasteiger charge is -2.23. The minimum absolute atomic E-state index is 0.314. The van der Waals surface area contributed by atoms with Crippen LogP contribution in [0.1, 0.15) is 25.3 Å². The minimum Gasteiger partial charge on any atom is -0.488 e. The zero-order chi connectivity index (χ0) is 13.1. The van der Waals surface area contributed by atoms with Gasteiger partial charge in [0.25, 0.3) is 0 Å². The summed E-state index contributed by atoms with van der Waals surface area (Å²) in [6, 6.07) is 9.12. The highest BCUT2D eigenvalue weighted by Crippen LogP contribution is 2.27. The Bertz CT molecular complexity index is 396. The van der Waals surface area contributed by atoms with Gasteiger partial charge in [-0.05, 0) is 37.6 Å². The first-order valence-electron chi connectivity index (χ1n) is 7.56. The molecule has 19 heavy (non-hydrogen) atoms. The Morgan fingerprint density at radius 1 is 1.32 bits per heavy atom. The van der Waals surface area contributed by atoms with Gasteiger partial charge in [-0.1, -0.05) is 25.1 Å². The lowest BCUT2D eigenvalue weighted by Crippen LogP contribution is -2.41. The summed E-state index contributed by atoms with van der Waals surface area (Å²) in [6.45, 7) is 6.77. The molecule has 2 unspecified atom stereocenters. The fraction of sp³-hybridized carbons (Fsp3) is 0.625. The maximum absolute atomic E-state index is 5.95. The van der Waals surface area contributed by atoms with Gasteiger partial charge in [-0.25, -0.2) is 0 Å². The van der Waals surface area contributed by atoms with Crippen LogP contribution in [0, 0.1) is 0 Å². The van der Waals surface area contributed by atoms with Crippen molar-refractivity contribution < 1.29 is 4.74 Å². The molecule has 0 amide bonds. The summed E-state index contributed by atoms with van der Waals surface area (Å²) in [7, 11) is 0. The van der Waals surface area contributed by atoms with Crippen LogP contribution >= 0.6 is 0 Å². The van der Waals surface area contributed by atoms with E-state index in [0.717, 1.165) is 31.3 Å². The van der Waals surface area contributed by atoms with Gasteiger partial charge in [0, 0.05) is 25.6 Å². The van der Waals surface area contributed by atoms with Crippen LogP contribution in [0.25, 0.3) is 0 Å². The molecule has 1 aromatic carbocycles. The number of hydrogen-bond acceptors (Lipinski definition) is 3. The Labute approximate surface area is 115 Å². The topological polar surface area (TPSA) is 24.5 Å². The van der Waals surface area contributed by atoms with E-state index in [1.165, 1.54) is 31.5 Å². The molecule has 2 atom stereocenters. The molecule has 0 spiro atoms. The molecule has 0 aliphatic carbocycles. The summed E-state index contributed by atoms with van der Waals surface area (Å²) in [5, 5.41) is 3.60. The van der Waals surface area contributed by atoms with Crippen molar-refractivity contribution in [3.8, 4) is 5.75 Å². The molecule has 3 rings (SSSR count). The SMILES string of the molecule is CCN1CCCC1CNCC1Cc2ccccc2O1. The van der Waals surface area contributed by atoms with Crippen molar-refractivity contribution in [2.24, 2.45) is 0 Å². The molecule has 2 heterocycles. The molecule has 3 heteroatoms. The molecule has 1 aromatic rings. The van der Waals surface area contributed by atoms with Gasteiger partial charge in [0.15, 0.2) is 0 Å². The number of para-hydroxylation sites is 1. The van der Waals surface area contributed by atoms with E-state index < -0.39 is 0 Å². The van der Waals surface area contributed by atoms with Crippen LogP contribution in [-0.4, -0.2) is 43.2 Å². The number of ether oxygens (including phenoxy) is 1. The molecular formula is C16H24N2O.